The summed E-state index contributed by atoms with van der Waals surface area (Å²) >= 11 is 1.85. The van der Waals surface area contributed by atoms with E-state index in [0.29, 0.717) is 11.6 Å². The Kier molecular flexibility index (Phi) is 7.02. The third kappa shape index (κ3) is 5.78. The molecule has 0 aliphatic rings. The van der Waals surface area contributed by atoms with Crippen molar-refractivity contribution in [2.75, 3.05) is 36.2 Å². The summed E-state index contributed by atoms with van der Waals surface area (Å²) in [6.07, 6.45) is 5.50. The Bertz CT molecular complexity index is 415. The number of thioether (sulfide) groups is 1. The van der Waals surface area contributed by atoms with Gasteiger partial charge in [0, 0.05) is 13.6 Å². The summed E-state index contributed by atoms with van der Waals surface area (Å²) in [5, 5.41) is 16.7. The molecule has 19 heavy (non-hydrogen) atoms. The maximum atomic E-state index is 10.8. The van der Waals surface area contributed by atoms with E-state index in [1.807, 2.05) is 11.8 Å². The number of rotatable bonds is 9. The van der Waals surface area contributed by atoms with E-state index in [2.05, 4.69) is 21.9 Å². The molecule has 106 valence electrons. The van der Waals surface area contributed by atoms with Crippen LogP contribution in [0.1, 0.15) is 19.3 Å². The van der Waals surface area contributed by atoms with Crippen LogP contribution in [0.25, 0.3) is 0 Å². The number of pyridine rings is 1. The van der Waals surface area contributed by atoms with Gasteiger partial charge in [-0.25, -0.2) is 4.98 Å². The molecule has 2 N–H and O–H groups in total. The normalized spacial score (nSPS) is 10.2. The lowest BCUT2D eigenvalue weighted by Gasteiger charge is -2.07. The van der Waals surface area contributed by atoms with Gasteiger partial charge in [-0.05, 0) is 24.9 Å². The van der Waals surface area contributed by atoms with Gasteiger partial charge in [-0.2, -0.15) is 11.8 Å². The number of hydrogen-bond acceptors (Lipinski definition) is 6. The summed E-state index contributed by atoms with van der Waals surface area (Å²) in [7, 11) is 1.69. The van der Waals surface area contributed by atoms with E-state index in [-0.39, 0.29) is 5.69 Å². The van der Waals surface area contributed by atoms with Crippen LogP contribution in [-0.2, 0) is 0 Å². The van der Waals surface area contributed by atoms with Crippen molar-refractivity contribution in [1.29, 1.82) is 0 Å². The molecule has 0 saturated heterocycles. The molecule has 0 unspecified atom stereocenters. The minimum absolute atomic E-state index is 0.0456. The summed E-state index contributed by atoms with van der Waals surface area (Å²) in [4.78, 5) is 14.6. The Morgan fingerprint density at radius 3 is 2.68 bits per heavy atom. The molecule has 1 aromatic rings. The molecule has 1 rings (SSSR count). The number of nitrogens with one attached hydrogen (secondary N) is 2. The molecule has 0 aliphatic carbocycles. The molecule has 0 amide bonds. The highest BCUT2D eigenvalue weighted by Crippen LogP contribution is 2.20. The molecule has 7 heteroatoms. The highest BCUT2D eigenvalue weighted by molar-refractivity contribution is 7.98. The van der Waals surface area contributed by atoms with Gasteiger partial charge in [0.1, 0.15) is 11.6 Å². The lowest BCUT2D eigenvalue weighted by atomic mass is 10.2. The number of aromatic nitrogens is 1. The smallest absolute Gasteiger partial charge is 0.276 e. The van der Waals surface area contributed by atoms with Gasteiger partial charge in [-0.1, -0.05) is 6.42 Å². The van der Waals surface area contributed by atoms with Crippen molar-refractivity contribution in [3.8, 4) is 0 Å². The predicted octanol–water partition coefficient (Wildman–Crippen LogP) is 2.98. The van der Waals surface area contributed by atoms with Crippen molar-refractivity contribution in [3.05, 3.63) is 22.2 Å². The van der Waals surface area contributed by atoms with Crippen LogP contribution < -0.4 is 10.6 Å². The number of unbranched alkanes of at least 4 members (excludes halogenated alkanes) is 2. The molecule has 0 spiro atoms. The Labute approximate surface area is 117 Å². The molecule has 1 heterocycles. The zero-order chi connectivity index (χ0) is 14.1. The quantitative estimate of drug-likeness (QED) is 0.412. The van der Waals surface area contributed by atoms with E-state index < -0.39 is 4.92 Å². The molecule has 0 atom stereocenters. The van der Waals surface area contributed by atoms with Crippen LogP contribution in [0, 0.1) is 10.1 Å². The van der Waals surface area contributed by atoms with Crippen LogP contribution in [0.5, 0.6) is 0 Å². The topological polar surface area (TPSA) is 80.1 Å². The van der Waals surface area contributed by atoms with Crippen molar-refractivity contribution in [1.82, 2.24) is 4.98 Å². The lowest BCUT2D eigenvalue weighted by molar-refractivity contribution is -0.384. The fourth-order valence-corrected chi connectivity index (χ4v) is 2.10. The van der Waals surface area contributed by atoms with E-state index in [1.165, 1.54) is 24.3 Å². The molecule has 0 fully saturated rings. The van der Waals surface area contributed by atoms with Crippen molar-refractivity contribution in [2.45, 2.75) is 19.3 Å². The van der Waals surface area contributed by atoms with Gasteiger partial charge in [0.25, 0.3) is 5.69 Å². The van der Waals surface area contributed by atoms with Gasteiger partial charge in [-0.3, -0.25) is 10.1 Å². The number of nitro groups is 1. The summed E-state index contributed by atoms with van der Waals surface area (Å²) in [6.45, 7) is 0.783. The molecular weight excluding hydrogens is 264 g/mol. The number of hydrogen-bond donors (Lipinski definition) is 2. The first-order chi connectivity index (χ1) is 9.17. The van der Waals surface area contributed by atoms with Crippen LogP contribution in [-0.4, -0.2) is 35.5 Å². The highest BCUT2D eigenvalue weighted by Gasteiger charge is 2.10. The predicted molar refractivity (Wildman–Crippen MR) is 81.2 cm³/mol. The minimum atomic E-state index is -0.411. The van der Waals surface area contributed by atoms with Crippen LogP contribution in [0.4, 0.5) is 17.3 Å². The average molecular weight is 284 g/mol. The van der Waals surface area contributed by atoms with E-state index in [0.717, 1.165) is 19.4 Å². The fraction of sp³-hybridized carbons (Fsp3) is 0.583. The second-order valence-electron chi connectivity index (χ2n) is 4.08. The van der Waals surface area contributed by atoms with Gasteiger partial charge in [0.2, 0.25) is 0 Å². The molecule has 1 aromatic heterocycles. The van der Waals surface area contributed by atoms with E-state index in [9.17, 15) is 10.1 Å². The third-order valence-corrected chi connectivity index (χ3v) is 3.31. The Balaban J connectivity index is 2.48. The highest BCUT2D eigenvalue weighted by atomic mass is 32.2. The Hall–Kier alpha value is -1.50. The van der Waals surface area contributed by atoms with Gasteiger partial charge in [-0.15, -0.1) is 0 Å². The molecular formula is C12H20N4O2S. The average Bonchev–Trinajstić information content (AvgIpc) is 2.42. The van der Waals surface area contributed by atoms with Gasteiger partial charge in [0.05, 0.1) is 17.1 Å². The monoisotopic (exact) mass is 284 g/mol. The minimum Gasteiger partial charge on any atom is -0.373 e. The van der Waals surface area contributed by atoms with Gasteiger partial charge < -0.3 is 10.6 Å². The molecule has 0 aliphatic heterocycles. The zero-order valence-electron chi connectivity index (χ0n) is 11.3. The summed E-state index contributed by atoms with van der Waals surface area (Å²) in [6, 6.07) is 2.88. The second-order valence-corrected chi connectivity index (χ2v) is 5.07. The third-order valence-electron chi connectivity index (χ3n) is 2.61. The van der Waals surface area contributed by atoms with Crippen molar-refractivity contribution < 1.29 is 4.92 Å². The molecule has 6 nitrogen and oxygen atoms in total. The maximum Gasteiger partial charge on any atom is 0.276 e. The largest absolute Gasteiger partial charge is 0.373 e. The molecule has 0 aromatic carbocycles. The van der Waals surface area contributed by atoms with Gasteiger partial charge >= 0.3 is 0 Å². The van der Waals surface area contributed by atoms with E-state index in [1.54, 1.807) is 7.05 Å². The first kappa shape index (κ1) is 15.6. The van der Waals surface area contributed by atoms with Gasteiger partial charge in [0.15, 0.2) is 0 Å². The van der Waals surface area contributed by atoms with E-state index >= 15 is 0 Å². The lowest BCUT2D eigenvalue weighted by Crippen LogP contribution is -2.06. The Morgan fingerprint density at radius 2 is 2.05 bits per heavy atom. The van der Waals surface area contributed by atoms with Crippen LogP contribution in [0.2, 0.25) is 0 Å². The molecule has 0 radical (unpaired) electrons. The standard InChI is InChI=1S/C12H20N4O2S/c1-13-11-8-10(16(17)18)9-12(15-11)14-6-4-3-5-7-19-2/h8-9H,3-7H2,1-2H3,(H2,13,14,15). The first-order valence-electron chi connectivity index (χ1n) is 6.24. The first-order valence-corrected chi connectivity index (χ1v) is 7.63. The van der Waals surface area contributed by atoms with Crippen molar-refractivity contribution in [2.24, 2.45) is 0 Å². The van der Waals surface area contributed by atoms with Crippen LogP contribution >= 0.6 is 11.8 Å². The SMILES string of the molecule is CNc1cc([N+](=O)[O-])cc(NCCCCCSC)n1. The zero-order valence-corrected chi connectivity index (χ0v) is 12.1. The summed E-state index contributed by atoms with van der Waals surface area (Å²) in [5.41, 5.74) is 0.0456. The second kappa shape index (κ2) is 8.58. The fourth-order valence-electron chi connectivity index (χ4n) is 1.60. The van der Waals surface area contributed by atoms with Crippen molar-refractivity contribution in [3.63, 3.8) is 0 Å². The molecule has 0 saturated carbocycles. The number of anilines is 2. The Morgan fingerprint density at radius 1 is 1.32 bits per heavy atom. The van der Waals surface area contributed by atoms with Crippen molar-refractivity contribution >= 4 is 29.1 Å². The summed E-state index contributed by atoms with van der Waals surface area (Å²) in [5.74, 6) is 2.22. The van der Waals surface area contributed by atoms with Crippen LogP contribution in [0.3, 0.4) is 0 Å². The van der Waals surface area contributed by atoms with Crippen LogP contribution in [0.15, 0.2) is 12.1 Å². The maximum absolute atomic E-state index is 10.8. The van der Waals surface area contributed by atoms with E-state index in [4.69, 9.17) is 0 Å². The molecule has 0 bridgehead atoms. The number of nitrogens with zero attached hydrogens (tertiary/aromatic N) is 2. The summed E-state index contributed by atoms with van der Waals surface area (Å²) < 4.78 is 0.